The van der Waals surface area contributed by atoms with Crippen molar-refractivity contribution < 1.29 is 24.2 Å². The number of para-hydroxylation sites is 1. The SMILES string of the molecule is CCN1C(=O)C(=Cc2ccccc2O[C@H](C)C(=O)O)C(=O)N(CC)C1=S. The van der Waals surface area contributed by atoms with E-state index in [0.29, 0.717) is 18.7 Å². The number of hydrogen-bond donors (Lipinski definition) is 1. The number of hydrogen-bond acceptors (Lipinski definition) is 5. The van der Waals surface area contributed by atoms with Gasteiger partial charge in [-0.1, -0.05) is 18.2 Å². The van der Waals surface area contributed by atoms with E-state index in [4.69, 9.17) is 22.1 Å². The fraction of sp³-hybridized carbons (Fsp3) is 0.333. The number of ether oxygens (including phenoxy) is 1. The molecule has 0 unspecified atom stereocenters. The van der Waals surface area contributed by atoms with Crippen LogP contribution in [0.4, 0.5) is 0 Å². The summed E-state index contributed by atoms with van der Waals surface area (Å²) >= 11 is 5.22. The summed E-state index contributed by atoms with van der Waals surface area (Å²) in [4.78, 5) is 39.1. The molecule has 26 heavy (non-hydrogen) atoms. The lowest BCUT2D eigenvalue weighted by atomic mass is 10.1. The first-order chi connectivity index (χ1) is 12.3. The topological polar surface area (TPSA) is 87.1 Å². The Labute approximate surface area is 156 Å². The second kappa shape index (κ2) is 8.09. The average Bonchev–Trinajstić information content (AvgIpc) is 2.60. The Kier molecular flexibility index (Phi) is 6.10. The second-order valence-corrected chi connectivity index (χ2v) is 5.94. The molecule has 0 aromatic heterocycles. The first kappa shape index (κ1) is 19.6. The van der Waals surface area contributed by atoms with E-state index in [9.17, 15) is 14.4 Å². The van der Waals surface area contributed by atoms with E-state index in [1.54, 1.807) is 38.1 Å². The van der Waals surface area contributed by atoms with E-state index in [2.05, 4.69) is 0 Å². The molecule has 1 saturated heterocycles. The van der Waals surface area contributed by atoms with Crippen LogP contribution in [-0.2, 0) is 14.4 Å². The van der Waals surface area contributed by atoms with E-state index in [-0.39, 0.29) is 16.4 Å². The third-order valence-electron chi connectivity index (χ3n) is 3.92. The number of carboxylic acids is 1. The van der Waals surface area contributed by atoms with Gasteiger partial charge in [-0.25, -0.2) is 4.79 Å². The number of carbonyl (C=O) groups excluding carboxylic acids is 2. The van der Waals surface area contributed by atoms with Crippen LogP contribution in [0.5, 0.6) is 5.75 Å². The van der Waals surface area contributed by atoms with Crippen LogP contribution in [0.3, 0.4) is 0 Å². The Morgan fingerprint density at radius 1 is 1.19 bits per heavy atom. The summed E-state index contributed by atoms with van der Waals surface area (Å²) in [5.41, 5.74) is 0.401. The summed E-state index contributed by atoms with van der Waals surface area (Å²) in [7, 11) is 0. The zero-order chi connectivity index (χ0) is 19.4. The number of carboxylic acid groups (broad SMARTS) is 1. The maximum absolute atomic E-state index is 12.7. The van der Waals surface area contributed by atoms with Crippen LogP contribution in [0, 0.1) is 0 Å². The van der Waals surface area contributed by atoms with E-state index in [1.165, 1.54) is 22.8 Å². The predicted octanol–water partition coefficient (Wildman–Crippen LogP) is 1.92. The quantitative estimate of drug-likeness (QED) is 0.464. The molecule has 1 N–H and O–H groups in total. The van der Waals surface area contributed by atoms with Gasteiger partial charge in [0.2, 0.25) is 0 Å². The van der Waals surface area contributed by atoms with Gasteiger partial charge in [-0.2, -0.15) is 0 Å². The standard InChI is InChI=1S/C18H20N2O5S/c1-4-19-15(21)13(16(22)20(5-2)18(19)26)10-12-8-6-7-9-14(12)25-11(3)17(23)24/h6-11H,4-5H2,1-3H3,(H,23,24)/t11-/m1/s1. The Hall–Kier alpha value is -2.74. The molecule has 2 amide bonds. The Morgan fingerprint density at radius 2 is 1.73 bits per heavy atom. The summed E-state index contributed by atoms with van der Waals surface area (Å²) in [5.74, 6) is -1.80. The lowest BCUT2D eigenvalue weighted by Crippen LogP contribution is -2.55. The summed E-state index contributed by atoms with van der Waals surface area (Å²) in [6.45, 7) is 5.63. The van der Waals surface area contributed by atoms with Crippen molar-refractivity contribution in [1.82, 2.24) is 9.80 Å². The number of likely N-dealkylation sites (N-methyl/N-ethyl adjacent to an activating group) is 2. The Morgan fingerprint density at radius 3 is 2.23 bits per heavy atom. The second-order valence-electron chi connectivity index (χ2n) is 5.58. The van der Waals surface area contributed by atoms with Gasteiger partial charge in [0.25, 0.3) is 11.8 Å². The van der Waals surface area contributed by atoms with Crippen LogP contribution in [0.2, 0.25) is 0 Å². The van der Waals surface area contributed by atoms with Gasteiger partial charge in [0, 0.05) is 18.7 Å². The van der Waals surface area contributed by atoms with Crippen molar-refractivity contribution in [1.29, 1.82) is 0 Å². The Balaban J connectivity index is 2.47. The summed E-state index contributed by atoms with van der Waals surface area (Å²) < 4.78 is 5.43. The minimum atomic E-state index is -1.11. The van der Waals surface area contributed by atoms with Crippen molar-refractivity contribution in [2.24, 2.45) is 0 Å². The summed E-state index contributed by atoms with van der Waals surface area (Å²) in [5, 5.41) is 9.21. The number of rotatable bonds is 6. The van der Waals surface area contributed by atoms with Crippen LogP contribution in [0.15, 0.2) is 29.8 Å². The Bertz CT molecular complexity index is 762. The molecular formula is C18H20N2O5S. The van der Waals surface area contributed by atoms with Gasteiger partial charge < -0.3 is 9.84 Å². The third kappa shape index (κ3) is 3.75. The van der Waals surface area contributed by atoms with E-state index in [1.807, 2.05) is 0 Å². The molecule has 138 valence electrons. The van der Waals surface area contributed by atoms with Crippen LogP contribution >= 0.6 is 12.2 Å². The highest BCUT2D eigenvalue weighted by molar-refractivity contribution is 7.80. The average molecular weight is 376 g/mol. The number of carbonyl (C=O) groups is 3. The minimum Gasteiger partial charge on any atom is -0.479 e. The molecule has 1 fully saturated rings. The minimum absolute atomic E-state index is 0.0404. The lowest BCUT2D eigenvalue weighted by molar-refractivity contribution is -0.144. The molecule has 1 aromatic carbocycles. The number of nitrogens with zero attached hydrogens (tertiary/aromatic N) is 2. The zero-order valence-corrected chi connectivity index (χ0v) is 15.6. The van der Waals surface area contributed by atoms with Crippen LogP contribution in [0.1, 0.15) is 26.3 Å². The van der Waals surface area contributed by atoms with Gasteiger partial charge in [-0.3, -0.25) is 19.4 Å². The summed E-state index contributed by atoms with van der Waals surface area (Å²) in [6.07, 6.45) is 0.348. The molecule has 8 heteroatoms. The van der Waals surface area contributed by atoms with Gasteiger partial charge in [0.15, 0.2) is 11.2 Å². The third-order valence-corrected chi connectivity index (χ3v) is 4.36. The molecule has 0 aliphatic carbocycles. The van der Waals surface area contributed by atoms with Crippen LogP contribution in [0.25, 0.3) is 6.08 Å². The molecule has 1 aliphatic rings. The zero-order valence-electron chi connectivity index (χ0n) is 14.8. The molecule has 2 rings (SSSR count). The van der Waals surface area contributed by atoms with Crippen molar-refractivity contribution in [3.8, 4) is 5.75 Å². The first-order valence-corrected chi connectivity index (χ1v) is 8.60. The normalized spacial score (nSPS) is 16.0. The van der Waals surface area contributed by atoms with Gasteiger partial charge in [0.1, 0.15) is 11.3 Å². The van der Waals surface area contributed by atoms with Gasteiger partial charge in [0.05, 0.1) is 0 Å². The summed E-state index contributed by atoms with van der Waals surface area (Å²) in [6, 6.07) is 6.63. The molecule has 1 heterocycles. The van der Waals surface area contributed by atoms with Crippen molar-refractivity contribution in [2.45, 2.75) is 26.9 Å². The molecule has 1 atom stereocenters. The van der Waals surface area contributed by atoms with Crippen LogP contribution < -0.4 is 4.74 Å². The maximum atomic E-state index is 12.7. The van der Waals surface area contributed by atoms with Crippen molar-refractivity contribution in [3.63, 3.8) is 0 Å². The highest BCUT2D eigenvalue weighted by atomic mass is 32.1. The molecule has 0 bridgehead atoms. The number of aliphatic carboxylic acids is 1. The molecule has 0 radical (unpaired) electrons. The van der Waals surface area contributed by atoms with Gasteiger partial charge >= 0.3 is 5.97 Å². The smallest absolute Gasteiger partial charge is 0.344 e. The predicted molar refractivity (Wildman–Crippen MR) is 99.5 cm³/mol. The van der Waals surface area contributed by atoms with Gasteiger partial charge in [-0.15, -0.1) is 0 Å². The first-order valence-electron chi connectivity index (χ1n) is 8.19. The number of thiocarbonyl (C=S) groups is 1. The van der Waals surface area contributed by atoms with Crippen LogP contribution in [-0.4, -0.2) is 57.0 Å². The highest BCUT2D eigenvalue weighted by Gasteiger charge is 2.38. The molecular weight excluding hydrogens is 356 g/mol. The molecule has 1 aliphatic heterocycles. The number of amides is 2. The van der Waals surface area contributed by atoms with Crippen molar-refractivity contribution in [3.05, 3.63) is 35.4 Å². The molecule has 1 aromatic rings. The molecule has 7 nitrogen and oxygen atoms in total. The highest BCUT2D eigenvalue weighted by Crippen LogP contribution is 2.26. The number of benzene rings is 1. The largest absolute Gasteiger partial charge is 0.479 e. The van der Waals surface area contributed by atoms with E-state index in [0.717, 1.165) is 0 Å². The fourth-order valence-electron chi connectivity index (χ4n) is 2.49. The van der Waals surface area contributed by atoms with Crippen molar-refractivity contribution in [2.75, 3.05) is 13.1 Å². The monoisotopic (exact) mass is 376 g/mol. The van der Waals surface area contributed by atoms with Crippen molar-refractivity contribution >= 4 is 41.2 Å². The molecule has 0 spiro atoms. The van der Waals surface area contributed by atoms with E-state index < -0.39 is 23.9 Å². The van der Waals surface area contributed by atoms with E-state index >= 15 is 0 Å². The maximum Gasteiger partial charge on any atom is 0.344 e. The molecule has 0 saturated carbocycles. The van der Waals surface area contributed by atoms with Gasteiger partial charge in [-0.05, 0) is 45.1 Å². The fourth-order valence-corrected chi connectivity index (χ4v) is 2.91. The lowest BCUT2D eigenvalue weighted by Gasteiger charge is -2.35.